The Morgan fingerprint density at radius 2 is 1.83 bits per heavy atom. The third-order valence-electron chi connectivity index (χ3n) is 4.47. The Balaban J connectivity index is 1.49. The fourth-order valence-corrected chi connectivity index (χ4v) is 3.69. The van der Waals surface area contributed by atoms with E-state index in [2.05, 4.69) is 10.3 Å². The number of fused-ring (bicyclic) bond motifs is 1. The van der Waals surface area contributed by atoms with Crippen LogP contribution >= 0.6 is 11.3 Å². The number of thiazole rings is 1. The summed E-state index contributed by atoms with van der Waals surface area (Å²) in [5.74, 6) is -0.917. The molecule has 0 aliphatic heterocycles. The Morgan fingerprint density at radius 1 is 1.10 bits per heavy atom. The number of aromatic nitrogens is 1. The van der Waals surface area contributed by atoms with Gasteiger partial charge >= 0.3 is 5.97 Å². The first-order valence-electron chi connectivity index (χ1n) is 9.14. The van der Waals surface area contributed by atoms with Crippen molar-refractivity contribution in [2.45, 2.75) is 12.5 Å². The number of para-hydroxylation sites is 2. The molecule has 0 aliphatic carbocycles. The normalized spacial score (nSPS) is 13.0. The minimum Gasteiger partial charge on any atom is -0.491 e. The number of ether oxygens (including phenoxy) is 1. The molecule has 2 aromatic carbocycles. The Bertz CT molecular complexity index is 1170. The molecule has 1 atom stereocenters. The van der Waals surface area contributed by atoms with Gasteiger partial charge in [0.25, 0.3) is 5.91 Å². The molecule has 152 valence electrons. The standard InChI is InChI=1S/C22H18N2O5S/c1-22(21(26)27,13-28-14-7-3-2-4-8-14)24-19(25)16-11-12-17(29-16)20-23-15-9-5-6-10-18(15)30-20/h2-12H,13H2,1H3,(H,24,25)(H,26,27)/t22-/m0/s1. The molecule has 4 aromatic rings. The Kier molecular flexibility index (Phi) is 5.24. The molecular formula is C22H18N2O5S. The predicted octanol–water partition coefficient (Wildman–Crippen LogP) is 4.21. The third kappa shape index (κ3) is 4.04. The summed E-state index contributed by atoms with van der Waals surface area (Å²) in [5, 5.41) is 12.8. The lowest BCUT2D eigenvalue weighted by atomic mass is 10.0. The number of carbonyl (C=O) groups excluding carboxylic acids is 1. The van der Waals surface area contributed by atoms with Gasteiger partial charge in [-0.2, -0.15) is 0 Å². The number of nitrogens with one attached hydrogen (secondary N) is 1. The summed E-state index contributed by atoms with van der Waals surface area (Å²) in [7, 11) is 0. The molecule has 8 heteroatoms. The summed E-state index contributed by atoms with van der Waals surface area (Å²) < 4.78 is 12.2. The van der Waals surface area contributed by atoms with Gasteiger partial charge in [-0.05, 0) is 43.3 Å². The average Bonchev–Trinajstić information content (AvgIpc) is 3.40. The number of benzene rings is 2. The van der Waals surface area contributed by atoms with Crippen molar-refractivity contribution >= 4 is 33.4 Å². The van der Waals surface area contributed by atoms with Crippen LogP contribution in [-0.2, 0) is 4.79 Å². The summed E-state index contributed by atoms with van der Waals surface area (Å²) in [6.07, 6.45) is 0. The van der Waals surface area contributed by atoms with Crippen LogP contribution in [0.4, 0.5) is 0 Å². The van der Waals surface area contributed by atoms with Gasteiger partial charge in [0, 0.05) is 0 Å². The minimum atomic E-state index is -1.64. The number of rotatable bonds is 7. The van der Waals surface area contributed by atoms with E-state index < -0.39 is 17.4 Å². The molecule has 7 nitrogen and oxygen atoms in total. The van der Waals surface area contributed by atoms with Gasteiger partial charge in [-0.15, -0.1) is 11.3 Å². The van der Waals surface area contributed by atoms with E-state index >= 15 is 0 Å². The molecule has 2 N–H and O–H groups in total. The van der Waals surface area contributed by atoms with Crippen LogP contribution in [0.1, 0.15) is 17.5 Å². The van der Waals surface area contributed by atoms with Crippen molar-refractivity contribution in [3.63, 3.8) is 0 Å². The van der Waals surface area contributed by atoms with Gasteiger partial charge in [-0.1, -0.05) is 30.3 Å². The van der Waals surface area contributed by atoms with Crippen LogP contribution in [0.3, 0.4) is 0 Å². The topological polar surface area (TPSA) is 102 Å². The summed E-state index contributed by atoms with van der Waals surface area (Å²) in [4.78, 5) is 29.0. The van der Waals surface area contributed by atoms with Gasteiger partial charge in [0.1, 0.15) is 12.4 Å². The zero-order chi connectivity index (χ0) is 21.1. The number of carbonyl (C=O) groups is 2. The smallest absolute Gasteiger partial charge is 0.332 e. The van der Waals surface area contributed by atoms with Crippen molar-refractivity contribution in [1.29, 1.82) is 0 Å². The van der Waals surface area contributed by atoms with E-state index in [4.69, 9.17) is 9.15 Å². The molecular weight excluding hydrogens is 404 g/mol. The molecule has 0 saturated carbocycles. The van der Waals surface area contributed by atoms with Gasteiger partial charge in [0.2, 0.25) is 0 Å². The van der Waals surface area contributed by atoms with E-state index in [-0.39, 0.29) is 12.4 Å². The van der Waals surface area contributed by atoms with Crippen LogP contribution in [0.25, 0.3) is 21.0 Å². The highest BCUT2D eigenvalue weighted by molar-refractivity contribution is 7.21. The van der Waals surface area contributed by atoms with E-state index in [0.717, 1.165) is 10.2 Å². The molecule has 0 unspecified atom stereocenters. The Labute approximate surface area is 175 Å². The van der Waals surface area contributed by atoms with Crippen molar-refractivity contribution in [3.05, 3.63) is 72.5 Å². The first-order valence-corrected chi connectivity index (χ1v) is 9.96. The number of carboxylic acid groups (broad SMARTS) is 1. The van der Waals surface area contributed by atoms with E-state index in [1.165, 1.54) is 24.3 Å². The molecule has 0 fully saturated rings. The summed E-state index contributed by atoms with van der Waals surface area (Å²) in [6.45, 7) is 1.14. The highest BCUT2D eigenvalue weighted by atomic mass is 32.1. The number of hydrogen-bond acceptors (Lipinski definition) is 6. The van der Waals surface area contributed by atoms with Crippen molar-refractivity contribution < 1.29 is 23.8 Å². The summed E-state index contributed by atoms with van der Waals surface area (Å²) in [5.41, 5.74) is -0.799. The van der Waals surface area contributed by atoms with Gasteiger partial charge in [0.15, 0.2) is 22.1 Å². The van der Waals surface area contributed by atoms with Gasteiger partial charge in [0.05, 0.1) is 10.2 Å². The van der Waals surface area contributed by atoms with Crippen LogP contribution in [0.2, 0.25) is 0 Å². The number of carboxylic acids is 1. The third-order valence-corrected chi connectivity index (χ3v) is 5.52. The fraction of sp³-hybridized carbons (Fsp3) is 0.136. The van der Waals surface area contributed by atoms with Crippen LogP contribution in [0, 0.1) is 0 Å². The lowest BCUT2D eigenvalue weighted by Crippen LogP contribution is -2.56. The average molecular weight is 422 g/mol. The number of hydrogen-bond donors (Lipinski definition) is 2. The monoisotopic (exact) mass is 422 g/mol. The molecule has 0 aliphatic rings. The zero-order valence-corrected chi connectivity index (χ0v) is 16.8. The van der Waals surface area contributed by atoms with Crippen molar-refractivity contribution in [2.24, 2.45) is 0 Å². The number of amides is 1. The molecule has 2 aromatic heterocycles. The van der Waals surface area contributed by atoms with E-state index in [0.29, 0.717) is 16.5 Å². The highest BCUT2D eigenvalue weighted by Gasteiger charge is 2.37. The molecule has 2 heterocycles. The second-order valence-electron chi connectivity index (χ2n) is 6.84. The van der Waals surface area contributed by atoms with Crippen molar-refractivity contribution in [1.82, 2.24) is 10.3 Å². The maximum Gasteiger partial charge on any atom is 0.332 e. The largest absolute Gasteiger partial charge is 0.491 e. The second kappa shape index (κ2) is 8.00. The second-order valence-corrected chi connectivity index (χ2v) is 7.87. The first-order chi connectivity index (χ1) is 14.4. The number of furan rings is 1. The quantitative estimate of drug-likeness (QED) is 0.463. The van der Waals surface area contributed by atoms with Crippen molar-refractivity contribution in [3.8, 4) is 16.5 Å². The molecule has 0 bridgehead atoms. The van der Waals surface area contributed by atoms with Crippen LogP contribution in [0.15, 0.2) is 71.1 Å². The minimum absolute atomic E-state index is 0.00329. The molecule has 0 radical (unpaired) electrons. The maximum atomic E-state index is 12.7. The Hall–Kier alpha value is -3.65. The van der Waals surface area contributed by atoms with Gasteiger partial charge < -0.3 is 19.6 Å². The predicted molar refractivity (Wildman–Crippen MR) is 113 cm³/mol. The molecule has 30 heavy (non-hydrogen) atoms. The van der Waals surface area contributed by atoms with E-state index in [1.54, 1.807) is 30.3 Å². The van der Waals surface area contributed by atoms with Crippen LogP contribution < -0.4 is 10.1 Å². The molecule has 1 amide bonds. The fourth-order valence-electron chi connectivity index (χ4n) is 2.76. The summed E-state index contributed by atoms with van der Waals surface area (Å²) >= 11 is 1.45. The highest BCUT2D eigenvalue weighted by Crippen LogP contribution is 2.31. The maximum absolute atomic E-state index is 12.7. The first kappa shape index (κ1) is 19.7. The number of nitrogens with zero attached hydrogens (tertiary/aromatic N) is 1. The number of aliphatic carboxylic acids is 1. The lowest BCUT2D eigenvalue weighted by Gasteiger charge is -2.25. The summed E-state index contributed by atoms with van der Waals surface area (Å²) in [6, 6.07) is 19.6. The molecule has 0 saturated heterocycles. The van der Waals surface area contributed by atoms with Crippen molar-refractivity contribution in [2.75, 3.05) is 6.61 Å². The zero-order valence-electron chi connectivity index (χ0n) is 16.0. The molecule has 0 spiro atoms. The molecule has 4 rings (SSSR count). The SMILES string of the molecule is C[C@@](COc1ccccc1)(NC(=O)c1ccc(-c2nc3ccccc3s2)o1)C(=O)O. The van der Waals surface area contributed by atoms with E-state index in [9.17, 15) is 14.7 Å². The Morgan fingerprint density at radius 3 is 2.57 bits per heavy atom. The van der Waals surface area contributed by atoms with Gasteiger partial charge in [-0.25, -0.2) is 9.78 Å². The van der Waals surface area contributed by atoms with Crippen LogP contribution in [0.5, 0.6) is 5.75 Å². The van der Waals surface area contributed by atoms with Crippen LogP contribution in [-0.4, -0.2) is 34.1 Å². The van der Waals surface area contributed by atoms with Gasteiger partial charge in [-0.3, -0.25) is 4.79 Å². The van der Waals surface area contributed by atoms with E-state index in [1.807, 2.05) is 30.3 Å². The lowest BCUT2D eigenvalue weighted by molar-refractivity contribution is -0.145.